The van der Waals surface area contributed by atoms with Crippen molar-refractivity contribution >= 4 is 41.3 Å². The summed E-state index contributed by atoms with van der Waals surface area (Å²) >= 11 is 7.46. The Kier molecular flexibility index (Phi) is 7.82. The van der Waals surface area contributed by atoms with Crippen LogP contribution < -0.4 is 11.1 Å². The van der Waals surface area contributed by atoms with Crippen molar-refractivity contribution < 1.29 is 4.79 Å². The molecule has 2 aromatic rings. The Balaban J connectivity index is 0.00000242. The number of amides is 1. The summed E-state index contributed by atoms with van der Waals surface area (Å²) in [5.41, 5.74) is 6.94. The van der Waals surface area contributed by atoms with E-state index in [2.05, 4.69) is 10.3 Å². The van der Waals surface area contributed by atoms with Crippen molar-refractivity contribution in [1.29, 1.82) is 0 Å². The second-order valence-electron chi connectivity index (χ2n) is 4.65. The highest BCUT2D eigenvalue weighted by Gasteiger charge is 2.16. The minimum atomic E-state index is -0.165. The van der Waals surface area contributed by atoms with Gasteiger partial charge in [-0.15, -0.1) is 23.7 Å². The first-order valence-electron chi connectivity index (χ1n) is 6.84. The van der Waals surface area contributed by atoms with Gasteiger partial charge in [-0.3, -0.25) is 4.79 Å². The maximum Gasteiger partial charge on any atom is 0.271 e. The molecule has 3 N–H and O–H groups in total. The van der Waals surface area contributed by atoms with Gasteiger partial charge in [0.15, 0.2) is 0 Å². The molecule has 2 rings (SSSR count). The number of carbonyl (C=O) groups is 1. The third-order valence-corrected chi connectivity index (χ3v) is 4.25. The number of rotatable bonds is 6. The van der Waals surface area contributed by atoms with Crippen LogP contribution in [0.1, 0.15) is 40.4 Å². The summed E-state index contributed by atoms with van der Waals surface area (Å²) in [6.45, 7) is 2.56. The smallest absolute Gasteiger partial charge is 0.271 e. The van der Waals surface area contributed by atoms with Gasteiger partial charge in [0.05, 0.1) is 11.0 Å². The molecule has 0 aliphatic heterocycles. The van der Waals surface area contributed by atoms with E-state index in [-0.39, 0.29) is 24.4 Å². The van der Waals surface area contributed by atoms with E-state index in [1.807, 2.05) is 31.2 Å². The SMILES string of the molecule is CCC(NC(=O)c1csc(CCN)n1)c1cccc(Cl)c1.Cl. The van der Waals surface area contributed by atoms with Gasteiger partial charge in [0.1, 0.15) is 5.69 Å². The molecular formula is C15H19Cl2N3OS. The summed E-state index contributed by atoms with van der Waals surface area (Å²) in [6.07, 6.45) is 1.48. The van der Waals surface area contributed by atoms with Gasteiger partial charge in [-0.25, -0.2) is 4.98 Å². The predicted octanol–water partition coefficient (Wildman–Crippen LogP) is 3.60. The van der Waals surface area contributed by atoms with Crippen LogP contribution in [-0.4, -0.2) is 17.4 Å². The average Bonchev–Trinajstić information content (AvgIpc) is 2.93. The van der Waals surface area contributed by atoms with E-state index in [1.54, 1.807) is 5.38 Å². The van der Waals surface area contributed by atoms with Crippen molar-refractivity contribution in [3.8, 4) is 0 Å². The number of nitrogens with one attached hydrogen (secondary N) is 1. The van der Waals surface area contributed by atoms with E-state index < -0.39 is 0 Å². The topological polar surface area (TPSA) is 68.0 Å². The Morgan fingerprint density at radius 1 is 1.50 bits per heavy atom. The van der Waals surface area contributed by atoms with Crippen LogP contribution >= 0.6 is 35.3 Å². The third kappa shape index (κ3) is 4.95. The first-order valence-corrected chi connectivity index (χ1v) is 8.10. The normalized spacial score (nSPS) is 11.6. The number of hydrogen-bond acceptors (Lipinski definition) is 4. The van der Waals surface area contributed by atoms with Crippen molar-refractivity contribution in [2.24, 2.45) is 5.73 Å². The second kappa shape index (κ2) is 9.10. The summed E-state index contributed by atoms with van der Waals surface area (Å²) in [7, 11) is 0. The summed E-state index contributed by atoms with van der Waals surface area (Å²) < 4.78 is 0. The molecule has 1 unspecified atom stereocenters. The number of thiazole rings is 1. The van der Waals surface area contributed by atoms with Crippen LogP contribution in [0.5, 0.6) is 0 Å². The van der Waals surface area contributed by atoms with Gasteiger partial charge >= 0.3 is 0 Å². The zero-order chi connectivity index (χ0) is 15.2. The van der Waals surface area contributed by atoms with E-state index in [4.69, 9.17) is 17.3 Å². The molecule has 0 radical (unpaired) electrons. The lowest BCUT2D eigenvalue weighted by Gasteiger charge is -2.17. The fourth-order valence-corrected chi connectivity index (χ4v) is 3.02. The van der Waals surface area contributed by atoms with Crippen LogP contribution in [0.4, 0.5) is 0 Å². The molecule has 1 aromatic heterocycles. The molecule has 1 amide bonds. The van der Waals surface area contributed by atoms with E-state index in [0.717, 1.165) is 17.0 Å². The molecule has 0 aliphatic rings. The maximum absolute atomic E-state index is 12.3. The van der Waals surface area contributed by atoms with E-state index >= 15 is 0 Å². The molecule has 22 heavy (non-hydrogen) atoms. The average molecular weight is 360 g/mol. The number of nitrogens with zero attached hydrogens (tertiary/aromatic N) is 1. The van der Waals surface area contributed by atoms with Gasteiger partial charge in [-0.1, -0.05) is 30.7 Å². The van der Waals surface area contributed by atoms with Crippen LogP contribution in [0.3, 0.4) is 0 Å². The van der Waals surface area contributed by atoms with Crippen molar-refractivity contribution in [1.82, 2.24) is 10.3 Å². The van der Waals surface area contributed by atoms with Gasteiger partial charge < -0.3 is 11.1 Å². The van der Waals surface area contributed by atoms with Gasteiger partial charge in [-0.2, -0.15) is 0 Å². The van der Waals surface area contributed by atoms with Crippen molar-refractivity contribution in [3.05, 3.63) is 50.9 Å². The highest BCUT2D eigenvalue weighted by atomic mass is 35.5. The molecule has 0 bridgehead atoms. The molecule has 4 nitrogen and oxygen atoms in total. The largest absolute Gasteiger partial charge is 0.344 e. The molecule has 0 fully saturated rings. The van der Waals surface area contributed by atoms with Crippen LogP contribution in [0.15, 0.2) is 29.6 Å². The molecule has 1 aromatic carbocycles. The Hall–Kier alpha value is -1.14. The summed E-state index contributed by atoms with van der Waals surface area (Å²) in [5, 5.41) is 6.32. The second-order valence-corrected chi connectivity index (χ2v) is 6.03. The fourth-order valence-electron chi connectivity index (χ4n) is 2.03. The molecular weight excluding hydrogens is 341 g/mol. The Morgan fingerprint density at radius 2 is 2.27 bits per heavy atom. The lowest BCUT2D eigenvalue weighted by Crippen LogP contribution is -2.28. The Morgan fingerprint density at radius 3 is 2.91 bits per heavy atom. The number of aromatic nitrogens is 1. The number of halogens is 2. The van der Waals surface area contributed by atoms with Crippen molar-refractivity contribution in [2.45, 2.75) is 25.8 Å². The zero-order valence-electron chi connectivity index (χ0n) is 12.2. The van der Waals surface area contributed by atoms with Crippen LogP contribution in [0.2, 0.25) is 5.02 Å². The van der Waals surface area contributed by atoms with Crippen LogP contribution in [0, 0.1) is 0 Å². The summed E-state index contributed by atoms with van der Waals surface area (Å²) in [4.78, 5) is 16.6. The molecule has 0 saturated heterocycles. The predicted molar refractivity (Wildman–Crippen MR) is 94.1 cm³/mol. The lowest BCUT2D eigenvalue weighted by molar-refractivity contribution is 0.0931. The first-order chi connectivity index (χ1) is 10.1. The van der Waals surface area contributed by atoms with E-state index in [1.165, 1.54) is 11.3 Å². The summed E-state index contributed by atoms with van der Waals surface area (Å²) in [5.74, 6) is -0.165. The zero-order valence-corrected chi connectivity index (χ0v) is 14.6. The molecule has 0 spiro atoms. The number of nitrogens with two attached hydrogens (primary N) is 1. The minimum absolute atomic E-state index is 0. The van der Waals surface area contributed by atoms with Crippen molar-refractivity contribution in [2.75, 3.05) is 6.54 Å². The Bertz CT molecular complexity index is 618. The molecule has 7 heteroatoms. The van der Waals surface area contributed by atoms with Crippen LogP contribution in [-0.2, 0) is 6.42 Å². The molecule has 0 aliphatic carbocycles. The van der Waals surface area contributed by atoms with Gasteiger partial charge in [0.2, 0.25) is 0 Å². The fraction of sp³-hybridized carbons (Fsp3) is 0.333. The number of hydrogen-bond donors (Lipinski definition) is 2. The molecule has 1 atom stereocenters. The Labute approximate surface area is 145 Å². The monoisotopic (exact) mass is 359 g/mol. The summed E-state index contributed by atoms with van der Waals surface area (Å²) in [6, 6.07) is 7.46. The van der Waals surface area contributed by atoms with Crippen molar-refractivity contribution in [3.63, 3.8) is 0 Å². The minimum Gasteiger partial charge on any atom is -0.344 e. The lowest BCUT2D eigenvalue weighted by atomic mass is 10.0. The van der Waals surface area contributed by atoms with Gasteiger partial charge in [-0.05, 0) is 30.7 Å². The standard InChI is InChI=1S/C15H18ClN3OS.ClH/c1-2-12(10-4-3-5-11(16)8-10)19-15(20)13-9-21-14(18-13)6-7-17;/h3-5,8-9,12H,2,6-7,17H2,1H3,(H,19,20);1H. The number of carbonyl (C=O) groups excluding carboxylic acids is 1. The molecule has 1 heterocycles. The van der Waals surface area contributed by atoms with Gasteiger partial charge in [0.25, 0.3) is 5.91 Å². The van der Waals surface area contributed by atoms with E-state index in [0.29, 0.717) is 23.7 Å². The van der Waals surface area contributed by atoms with Gasteiger partial charge in [0, 0.05) is 16.8 Å². The maximum atomic E-state index is 12.3. The first kappa shape index (κ1) is 18.9. The highest BCUT2D eigenvalue weighted by molar-refractivity contribution is 7.09. The molecule has 0 saturated carbocycles. The number of benzene rings is 1. The molecule has 120 valence electrons. The quantitative estimate of drug-likeness (QED) is 0.827. The van der Waals surface area contributed by atoms with E-state index in [9.17, 15) is 4.79 Å². The third-order valence-electron chi connectivity index (χ3n) is 3.11. The highest BCUT2D eigenvalue weighted by Crippen LogP contribution is 2.21. The van der Waals surface area contributed by atoms with Crippen LogP contribution in [0.25, 0.3) is 0 Å².